The zero-order chi connectivity index (χ0) is 19.5. The van der Waals surface area contributed by atoms with Crippen molar-refractivity contribution < 1.29 is 9.53 Å². The Bertz CT molecular complexity index is 959. The van der Waals surface area contributed by atoms with E-state index in [1.54, 1.807) is 13.3 Å². The number of hydrogen-bond donors (Lipinski definition) is 1. The summed E-state index contributed by atoms with van der Waals surface area (Å²) < 4.78 is 7.03. The molecule has 1 N–H and O–H groups in total. The van der Waals surface area contributed by atoms with Gasteiger partial charge in [-0.25, -0.2) is 9.50 Å². The number of amides is 1. The van der Waals surface area contributed by atoms with Gasteiger partial charge in [-0.15, -0.1) is 0 Å². The summed E-state index contributed by atoms with van der Waals surface area (Å²) in [6.07, 6.45) is 5.29. The number of benzene rings is 1. The van der Waals surface area contributed by atoms with Crippen LogP contribution in [0, 0.1) is 12.8 Å². The van der Waals surface area contributed by atoms with Crippen molar-refractivity contribution in [1.29, 1.82) is 0 Å². The minimum Gasteiger partial charge on any atom is -0.497 e. The van der Waals surface area contributed by atoms with Gasteiger partial charge in [0.2, 0.25) is 5.91 Å². The van der Waals surface area contributed by atoms with Crippen LogP contribution in [0.3, 0.4) is 0 Å². The number of methoxy groups -OCH3 is 1. The zero-order valence-corrected chi connectivity index (χ0v) is 16.3. The molecule has 4 rings (SSSR count). The molecule has 146 valence electrons. The molecule has 1 aliphatic rings. The predicted molar refractivity (Wildman–Crippen MR) is 108 cm³/mol. The van der Waals surface area contributed by atoms with Crippen LogP contribution in [0.4, 0.5) is 5.82 Å². The number of aromatic nitrogens is 3. The molecule has 3 heterocycles. The molecule has 0 spiro atoms. The first-order chi connectivity index (χ1) is 13.6. The first-order valence-corrected chi connectivity index (χ1v) is 9.60. The van der Waals surface area contributed by atoms with Crippen molar-refractivity contribution in [3.05, 3.63) is 54.0 Å². The van der Waals surface area contributed by atoms with E-state index in [4.69, 9.17) is 4.74 Å². The number of piperidine rings is 1. The largest absolute Gasteiger partial charge is 0.497 e. The highest BCUT2D eigenvalue weighted by molar-refractivity contribution is 5.79. The van der Waals surface area contributed by atoms with Gasteiger partial charge >= 0.3 is 0 Å². The molecule has 7 heteroatoms. The summed E-state index contributed by atoms with van der Waals surface area (Å²) in [6.45, 7) is 4.16. The first kappa shape index (κ1) is 18.3. The summed E-state index contributed by atoms with van der Waals surface area (Å²) in [7, 11) is 1.65. The van der Waals surface area contributed by atoms with Crippen molar-refractivity contribution in [3.8, 4) is 5.75 Å². The molecule has 7 nitrogen and oxygen atoms in total. The number of aryl methyl sites for hydroxylation is 1. The highest BCUT2D eigenvalue weighted by Gasteiger charge is 2.26. The summed E-state index contributed by atoms with van der Waals surface area (Å²) >= 11 is 0. The maximum absolute atomic E-state index is 12.6. The van der Waals surface area contributed by atoms with Crippen LogP contribution in [0.2, 0.25) is 0 Å². The smallest absolute Gasteiger partial charge is 0.223 e. The van der Waals surface area contributed by atoms with E-state index in [2.05, 4.69) is 26.4 Å². The van der Waals surface area contributed by atoms with E-state index >= 15 is 0 Å². The number of ether oxygens (including phenoxy) is 1. The molecule has 1 aliphatic heterocycles. The van der Waals surface area contributed by atoms with Gasteiger partial charge in [0.1, 0.15) is 11.3 Å². The van der Waals surface area contributed by atoms with Gasteiger partial charge in [-0.05, 0) is 43.5 Å². The summed E-state index contributed by atoms with van der Waals surface area (Å²) in [4.78, 5) is 19.4. The highest BCUT2D eigenvalue weighted by Crippen LogP contribution is 2.25. The lowest BCUT2D eigenvalue weighted by molar-refractivity contribution is -0.125. The molecular formula is C21H25N5O2. The average molecular weight is 379 g/mol. The Morgan fingerprint density at radius 3 is 2.71 bits per heavy atom. The van der Waals surface area contributed by atoms with Crippen molar-refractivity contribution >= 4 is 17.2 Å². The number of hydrogen-bond acceptors (Lipinski definition) is 5. The summed E-state index contributed by atoms with van der Waals surface area (Å²) in [5, 5.41) is 7.52. The molecule has 0 saturated carbocycles. The van der Waals surface area contributed by atoms with Gasteiger partial charge in [-0.2, -0.15) is 5.10 Å². The standard InChI is InChI=1S/C21H25N5O2/c1-15-13-19-20(22-9-12-26(19)24-15)25-10-7-17(8-11-25)21(27)23-14-16-3-5-18(28-2)6-4-16/h3-6,9,12-13,17H,7-8,10-11,14H2,1-2H3,(H,23,27). The molecule has 1 aromatic carbocycles. The van der Waals surface area contributed by atoms with E-state index in [9.17, 15) is 4.79 Å². The molecule has 3 aromatic rings. The second-order valence-corrected chi connectivity index (χ2v) is 7.19. The lowest BCUT2D eigenvalue weighted by atomic mass is 9.95. The normalized spacial score (nSPS) is 15.0. The van der Waals surface area contributed by atoms with Crippen LogP contribution in [0.1, 0.15) is 24.1 Å². The fraction of sp³-hybridized carbons (Fsp3) is 0.381. The molecule has 0 radical (unpaired) electrons. The lowest BCUT2D eigenvalue weighted by Gasteiger charge is -2.32. The molecule has 0 aliphatic carbocycles. The summed E-state index contributed by atoms with van der Waals surface area (Å²) in [5.41, 5.74) is 3.06. The zero-order valence-electron chi connectivity index (χ0n) is 16.3. The fourth-order valence-corrected chi connectivity index (χ4v) is 3.70. The van der Waals surface area contributed by atoms with E-state index < -0.39 is 0 Å². The third-order valence-corrected chi connectivity index (χ3v) is 5.28. The van der Waals surface area contributed by atoms with Crippen LogP contribution in [0.5, 0.6) is 5.75 Å². The first-order valence-electron chi connectivity index (χ1n) is 9.60. The molecule has 1 amide bonds. The minimum atomic E-state index is 0.0425. The van der Waals surface area contributed by atoms with Crippen molar-refractivity contribution in [2.75, 3.05) is 25.1 Å². The SMILES string of the molecule is COc1ccc(CNC(=O)C2CCN(c3nccn4nc(C)cc34)CC2)cc1. The van der Waals surface area contributed by atoms with Crippen molar-refractivity contribution in [2.45, 2.75) is 26.3 Å². The molecule has 0 atom stereocenters. The monoisotopic (exact) mass is 379 g/mol. The minimum absolute atomic E-state index is 0.0425. The van der Waals surface area contributed by atoms with Gasteiger partial charge in [0.15, 0.2) is 5.82 Å². The number of anilines is 1. The van der Waals surface area contributed by atoms with Crippen LogP contribution < -0.4 is 15.0 Å². The van der Waals surface area contributed by atoms with Crippen LogP contribution in [0.15, 0.2) is 42.7 Å². The summed E-state index contributed by atoms with van der Waals surface area (Å²) in [6, 6.07) is 9.82. The van der Waals surface area contributed by atoms with E-state index in [-0.39, 0.29) is 11.8 Å². The molecule has 0 unspecified atom stereocenters. The van der Waals surface area contributed by atoms with Crippen LogP contribution in [-0.4, -0.2) is 40.7 Å². The third-order valence-electron chi connectivity index (χ3n) is 5.28. The number of fused-ring (bicyclic) bond motifs is 1. The van der Waals surface area contributed by atoms with E-state index in [0.29, 0.717) is 6.54 Å². The highest BCUT2D eigenvalue weighted by atomic mass is 16.5. The Balaban J connectivity index is 1.33. The lowest BCUT2D eigenvalue weighted by Crippen LogP contribution is -2.40. The van der Waals surface area contributed by atoms with Gasteiger partial charge in [-0.3, -0.25) is 4.79 Å². The number of carbonyl (C=O) groups is 1. The fourth-order valence-electron chi connectivity index (χ4n) is 3.70. The predicted octanol–water partition coefficient (Wildman–Crippen LogP) is 2.58. The topological polar surface area (TPSA) is 71.8 Å². The Hall–Kier alpha value is -3.09. The van der Waals surface area contributed by atoms with Crippen molar-refractivity contribution in [2.24, 2.45) is 5.92 Å². The van der Waals surface area contributed by atoms with Gasteiger partial charge in [0.05, 0.1) is 12.8 Å². The molecule has 2 aromatic heterocycles. The van der Waals surface area contributed by atoms with Crippen LogP contribution in [-0.2, 0) is 11.3 Å². The van der Waals surface area contributed by atoms with Crippen molar-refractivity contribution in [3.63, 3.8) is 0 Å². The molecule has 28 heavy (non-hydrogen) atoms. The molecule has 1 fully saturated rings. The molecular weight excluding hydrogens is 354 g/mol. The van der Waals surface area contributed by atoms with Gasteiger partial charge in [-0.1, -0.05) is 12.1 Å². The van der Waals surface area contributed by atoms with E-state index in [1.165, 1.54) is 0 Å². The Morgan fingerprint density at radius 2 is 2.00 bits per heavy atom. The second kappa shape index (κ2) is 7.88. The Labute approximate surface area is 164 Å². The quantitative estimate of drug-likeness (QED) is 0.738. The molecule has 1 saturated heterocycles. The van der Waals surface area contributed by atoms with Crippen LogP contribution in [0.25, 0.3) is 5.52 Å². The average Bonchev–Trinajstić information content (AvgIpc) is 3.12. The third kappa shape index (κ3) is 3.78. The number of rotatable bonds is 5. The number of nitrogens with zero attached hydrogens (tertiary/aromatic N) is 4. The van der Waals surface area contributed by atoms with Gasteiger partial charge < -0.3 is 15.0 Å². The van der Waals surface area contributed by atoms with Gasteiger partial charge in [0.25, 0.3) is 0 Å². The molecule has 0 bridgehead atoms. The van der Waals surface area contributed by atoms with Crippen molar-refractivity contribution in [1.82, 2.24) is 19.9 Å². The maximum Gasteiger partial charge on any atom is 0.223 e. The van der Waals surface area contributed by atoms with E-state index in [1.807, 2.05) is 41.9 Å². The number of carbonyl (C=O) groups excluding carboxylic acids is 1. The Morgan fingerprint density at radius 1 is 1.25 bits per heavy atom. The maximum atomic E-state index is 12.6. The number of nitrogens with one attached hydrogen (secondary N) is 1. The van der Waals surface area contributed by atoms with Crippen LogP contribution >= 0.6 is 0 Å². The summed E-state index contributed by atoms with van der Waals surface area (Å²) in [5.74, 6) is 1.93. The van der Waals surface area contributed by atoms with E-state index in [0.717, 1.165) is 54.3 Å². The Kier molecular flexibility index (Phi) is 5.14. The van der Waals surface area contributed by atoms with Gasteiger partial charge in [0, 0.05) is 37.9 Å². The second-order valence-electron chi connectivity index (χ2n) is 7.19.